The van der Waals surface area contributed by atoms with Gasteiger partial charge >= 0.3 is 0 Å². The average molecular weight is 174 g/mol. The van der Waals surface area contributed by atoms with Crippen LogP contribution in [0.4, 0.5) is 0 Å². The van der Waals surface area contributed by atoms with E-state index in [0.717, 1.165) is 6.54 Å². The van der Waals surface area contributed by atoms with E-state index in [9.17, 15) is 0 Å². The molecular weight excluding hydrogens is 160 g/mol. The van der Waals surface area contributed by atoms with E-state index in [-0.39, 0.29) is 0 Å². The second kappa shape index (κ2) is 3.62. The second-order valence-electron chi connectivity index (χ2n) is 3.26. The van der Waals surface area contributed by atoms with Crippen molar-refractivity contribution in [3.05, 3.63) is 42.0 Å². The molecule has 0 saturated heterocycles. The third kappa shape index (κ3) is 1.90. The normalized spacial score (nSPS) is 21.9. The molecule has 13 heavy (non-hydrogen) atoms. The summed E-state index contributed by atoms with van der Waals surface area (Å²) in [5, 5.41) is 6.68. The van der Waals surface area contributed by atoms with Gasteiger partial charge in [0.05, 0.1) is 6.17 Å². The molecule has 0 radical (unpaired) electrons. The molecule has 0 aliphatic carbocycles. The van der Waals surface area contributed by atoms with E-state index in [2.05, 4.69) is 47.9 Å². The lowest BCUT2D eigenvalue weighted by molar-refractivity contribution is 0.526. The Morgan fingerprint density at radius 2 is 2.00 bits per heavy atom. The lowest BCUT2D eigenvalue weighted by Crippen LogP contribution is -2.42. The Kier molecular flexibility index (Phi) is 2.32. The highest BCUT2D eigenvalue weighted by atomic mass is 15.1. The Labute approximate surface area is 78.7 Å². The third-order valence-electron chi connectivity index (χ3n) is 2.19. The molecule has 0 bridgehead atoms. The molecule has 0 spiro atoms. The monoisotopic (exact) mass is 174 g/mol. The molecule has 2 N–H and O–H groups in total. The summed E-state index contributed by atoms with van der Waals surface area (Å²) in [4.78, 5) is 0. The first-order chi connectivity index (χ1) is 6.36. The summed E-state index contributed by atoms with van der Waals surface area (Å²) in [6.07, 6.45) is 2.54. The summed E-state index contributed by atoms with van der Waals surface area (Å²) in [5.41, 5.74) is 2.49. The predicted octanol–water partition coefficient (Wildman–Crippen LogP) is 1.57. The minimum atomic E-state index is 0.361. The maximum atomic E-state index is 3.38. The molecule has 1 aliphatic rings. The molecule has 68 valence electrons. The topological polar surface area (TPSA) is 24.1 Å². The Morgan fingerprint density at radius 1 is 1.23 bits per heavy atom. The lowest BCUT2D eigenvalue weighted by Gasteiger charge is -2.23. The van der Waals surface area contributed by atoms with Crippen LogP contribution in [-0.4, -0.2) is 12.7 Å². The van der Waals surface area contributed by atoms with Crippen LogP contribution < -0.4 is 10.6 Å². The zero-order valence-electron chi connectivity index (χ0n) is 7.75. The number of nitrogens with one attached hydrogen (secondary N) is 2. The molecule has 1 aromatic carbocycles. The number of benzene rings is 1. The molecular formula is C11H14N2. The van der Waals surface area contributed by atoms with Gasteiger partial charge in [0.1, 0.15) is 0 Å². The van der Waals surface area contributed by atoms with Gasteiger partial charge in [-0.1, -0.05) is 30.3 Å². The van der Waals surface area contributed by atoms with Crippen LogP contribution in [0.25, 0.3) is 5.70 Å². The van der Waals surface area contributed by atoms with Gasteiger partial charge in [0.25, 0.3) is 0 Å². The molecule has 1 atom stereocenters. The van der Waals surface area contributed by atoms with Crippen molar-refractivity contribution in [2.45, 2.75) is 13.1 Å². The van der Waals surface area contributed by atoms with E-state index in [4.69, 9.17) is 0 Å². The minimum absolute atomic E-state index is 0.361. The molecule has 1 aromatic rings. The van der Waals surface area contributed by atoms with Gasteiger partial charge in [-0.15, -0.1) is 0 Å². The Bertz CT molecular complexity index is 303. The predicted molar refractivity (Wildman–Crippen MR) is 55.0 cm³/mol. The number of rotatable bonds is 1. The van der Waals surface area contributed by atoms with Crippen molar-refractivity contribution in [3.63, 3.8) is 0 Å². The lowest BCUT2D eigenvalue weighted by atomic mass is 10.1. The highest BCUT2D eigenvalue weighted by molar-refractivity contribution is 5.64. The van der Waals surface area contributed by atoms with Crippen LogP contribution in [-0.2, 0) is 0 Å². The van der Waals surface area contributed by atoms with Crippen molar-refractivity contribution in [1.82, 2.24) is 10.6 Å². The van der Waals surface area contributed by atoms with Crippen LogP contribution >= 0.6 is 0 Å². The minimum Gasteiger partial charge on any atom is -0.370 e. The molecule has 1 heterocycles. The Hall–Kier alpha value is -1.28. The fraction of sp³-hybridized carbons (Fsp3) is 0.273. The first-order valence-corrected chi connectivity index (χ1v) is 4.62. The fourth-order valence-electron chi connectivity index (χ4n) is 1.50. The third-order valence-corrected chi connectivity index (χ3v) is 2.19. The van der Waals surface area contributed by atoms with Crippen LogP contribution in [0.1, 0.15) is 12.5 Å². The van der Waals surface area contributed by atoms with E-state index in [1.54, 1.807) is 0 Å². The molecule has 2 nitrogen and oxygen atoms in total. The van der Waals surface area contributed by atoms with Crippen molar-refractivity contribution >= 4 is 5.70 Å². The van der Waals surface area contributed by atoms with Gasteiger partial charge in [-0.05, 0) is 18.6 Å². The fourth-order valence-corrected chi connectivity index (χ4v) is 1.50. The Balaban J connectivity index is 2.22. The molecule has 1 aliphatic heterocycles. The summed E-state index contributed by atoms with van der Waals surface area (Å²) in [7, 11) is 0. The van der Waals surface area contributed by atoms with Crippen LogP contribution in [0, 0.1) is 0 Å². The summed E-state index contributed by atoms with van der Waals surface area (Å²) in [5.74, 6) is 0. The quantitative estimate of drug-likeness (QED) is 0.675. The molecule has 0 fully saturated rings. The van der Waals surface area contributed by atoms with Crippen molar-refractivity contribution in [2.75, 3.05) is 6.54 Å². The van der Waals surface area contributed by atoms with Gasteiger partial charge in [-0.25, -0.2) is 0 Å². The summed E-state index contributed by atoms with van der Waals surface area (Å²) >= 11 is 0. The average Bonchev–Trinajstić information content (AvgIpc) is 2.19. The maximum Gasteiger partial charge on any atom is 0.0741 e. The maximum absolute atomic E-state index is 3.38. The van der Waals surface area contributed by atoms with E-state index in [1.807, 2.05) is 6.07 Å². The smallest absolute Gasteiger partial charge is 0.0741 e. The number of hydrogen-bond donors (Lipinski definition) is 2. The van der Waals surface area contributed by atoms with Crippen molar-refractivity contribution in [3.8, 4) is 0 Å². The van der Waals surface area contributed by atoms with Crippen molar-refractivity contribution in [1.29, 1.82) is 0 Å². The van der Waals surface area contributed by atoms with E-state index >= 15 is 0 Å². The molecule has 2 rings (SSSR count). The SMILES string of the molecule is CC1NCC=C(c2ccccc2)N1. The van der Waals surface area contributed by atoms with Gasteiger partial charge < -0.3 is 5.32 Å². The molecule has 0 aromatic heterocycles. The van der Waals surface area contributed by atoms with Crippen molar-refractivity contribution < 1.29 is 0 Å². The largest absolute Gasteiger partial charge is 0.370 e. The zero-order valence-corrected chi connectivity index (χ0v) is 7.75. The second-order valence-corrected chi connectivity index (χ2v) is 3.26. The summed E-state index contributed by atoms with van der Waals surface area (Å²) in [6, 6.07) is 10.4. The molecule has 1 unspecified atom stereocenters. The van der Waals surface area contributed by atoms with Crippen molar-refractivity contribution in [2.24, 2.45) is 0 Å². The van der Waals surface area contributed by atoms with Crippen LogP contribution in [0.5, 0.6) is 0 Å². The van der Waals surface area contributed by atoms with Crippen LogP contribution in [0.2, 0.25) is 0 Å². The highest BCUT2D eigenvalue weighted by Crippen LogP contribution is 2.12. The number of hydrogen-bond acceptors (Lipinski definition) is 2. The van der Waals surface area contributed by atoms with E-state index < -0.39 is 0 Å². The van der Waals surface area contributed by atoms with Gasteiger partial charge in [0.15, 0.2) is 0 Å². The van der Waals surface area contributed by atoms with Crippen LogP contribution in [0.15, 0.2) is 36.4 Å². The zero-order chi connectivity index (χ0) is 9.10. The standard InChI is InChI=1S/C11H14N2/c1-9-12-8-7-11(13-9)10-5-3-2-4-6-10/h2-7,9,12-13H,8H2,1H3. The van der Waals surface area contributed by atoms with Gasteiger partial charge in [-0.2, -0.15) is 0 Å². The van der Waals surface area contributed by atoms with E-state index in [0.29, 0.717) is 6.17 Å². The molecule has 0 saturated carbocycles. The summed E-state index contributed by atoms with van der Waals surface area (Å²) in [6.45, 7) is 3.06. The van der Waals surface area contributed by atoms with E-state index in [1.165, 1.54) is 11.3 Å². The Morgan fingerprint density at radius 3 is 2.69 bits per heavy atom. The van der Waals surface area contributed by atoms with Crippen LogP contribution in [0.3, 0.4) is 0 Å². The highest BCUT2D eigenvalue weighted by Gasteiger charge is 2.08. The molecule has 2 heteroatoms. The van der Waals surface area contributed by atoms with Gasteiger partial charge in [-0.3, -0.25) is 5.32 Å². The van der Waals surface area contributed by atoms with Gasteiger partial charge in [0, 0.05) is 12.2 Å². The summed E-state index contributed by atoms with van der Waals surface area (Å²) < 4.78 is 0. The first-order valence-electron chi connectivity index (χ1n) is 4.62. The van der Waals surface area contributed by atoms with Gasteiger partial charge in [0.2, 0.25) is 0 Å². The first kappa shape index (κ1) is 8.32. The molecule has 0 amide bonds.